The maximum absolute atomic E-state index is 4.06. The molecule has 0 spiro atoms. The number of unbranched alkanes of at least 4 members (excludes halogenated alkanes) is 13. The van der Waals surface area contributed by atoms with Crippen molar-refractivity contribution in [1.82, 2.24) is 10.2 Å². The lowest BCUT2D eigenvalue weighted by molar-refractivity contribution is 0.0232. The molecule has 2 bridgehead atoms. The second-order valence-corrected chi connectivity index (χ2v) is 10.3. The number of nitrogens with zero attached hydrogens (tertiary/aromatic N) is 1. The van der Waals surface area contributed by atoms with Gasteiger partial charge in [-0.3, -0.25) is 10.2 Å². The Morgan fingerprint density at radius 3 is 1.60 bits per heavy atom. The van der Waals surface area contributed by atoms with Crippen molar-refractivity contribution >= 4 is 12.4 Å². The minimum Gasteiger partial charge on any atom is -0.299 e. The van der Waals surface area contributed by atoms with E-state index >= 15 is 0 Å². The monoisotopic (exact) mass is 442 g/mol. The van der Waals surface area contributed by atoms with Gasteiger partial charge in [-0.05, 0) is 51.1 Å². The molecule has 3 aliphatic heterocycles. The van der Waals surface area contributed by atoms with Gasteiger partial charge in [-0.2, -0.15) is 0 Å². The van der Waals surface area contributed by atoms with E-state index in [0.29, 0.717) is 6.17 Å². The van der Waals surface area contributed by atoms with Gasteiger partial charge in [0.25, 0.3) is 0 Å². The Hall–Kier alpha value is 0.210. The maximum Gasteiger partial charge on any atom is 0.0601 e. The van der Waals surface area contributed by atoms with Crippen LogP contribution < -0.4 is 5.32 Å². The summed E-state index contributed by atoms with van der Waals surface area (Å²) in [4.78, 5) is 2.73. The number of halogens is 1. The third-order valence-corrected chi connectivity index (χ3v) is 7.62. The number of piperidine rings is 3. The van der Waals surface area contributed by atoms with Gasteiger partial charge in [-0.1, -0.05) is 110 Å². The first kappa shape index (κ1) is 28.2. The normalized spacial score (nSPS) is 24.0. The molecule has 1 N–H and O–H groups in total. The van der Waals surface area contributed by atoms with Crippen LogP contribution in [0, 0.1) is 5.92 Å². The Labute approximate surface area is 196 Å². The van der Waals surface area contributed by atoms with Crippen LogP contribution in [-0.4, -0.2) is 30.2 Å². The third-order valence-electron chi connectivity index (χ3n) is 7.62. The quantitative estimate of drug-likeness (QED) is 0.202. The minimum absolute atomic E-state index is 0. The van der Waals surface area contributed by atoms with Crippen LogP contribution in [-0.2, 0) is 0 Å². The van der Waals surface area contributed by atoms with Crippen molar-refractivity contribution in [2.75, 3.05) is 13.1 Å². The smallest absolute Gasteiger partial charge is 0.0601 e. The van der Waals surface area contributed by atoms with E-state index in [4.69, 9.17) is 0 Å². The van der Waals surface area contributed by atoms with Crippen LogP contribution in [0.15, 0.2) is 0 Å². The van der Waals surface area contributed by atoms with Crippen LogP contribution >= 0.6 is 12.4 Å². The molecule has 0 radical (unpaired) electrons. The summed E-state index contributed by atoms with van der Waals surface area (Å²) in [6.07, 6.45) is 29.6. The van der Waals surface area contributed by atoms with E-state index in [1.54, 1.807) is 0 Å². The summed E-state index contributed by atoms with van der Waals surface area (Å²) >= 11 is 0. The zero-order valence-corrected chi connectivity index (χ0v) is 21.5. The first-order chi connectivity index (χ1) is 14.3. The predicted octanol–water partition coefficient (Wildman–Crippen LogP) is 8.48. The summed E-state index contributed by atoms with van der Waals surface area (Å²) in [5, 5.41) is 4.06. The molecular formula is C27H55ClN2. The summed E-state index contributed by atoms with van der Waals surface area (Å²) in [7, 11) is 0. The van der Waals surface area contributed by atoms with Crippen molar-refractivity contribution in [3.05, 3.63) is 0 Å². The van der Waals surface area contributed by atoms with Crippen LogP contribution in [0.2, 0.25) is 0 Å². The molecule has 0 aromatic heterocycles. The fourth-order valence-electron chi connectivity index (χ4n) is 5.66. The predicted molar refractivity (Wildman–Crippen MR) is 137 cm³/mol. The molecule has 0 saturated carbocycles. The third kappa shape index (κ3) is 12.3. The molecular weight excluding hydrogens is 388 g/mol. The van der Waals surface area contributed by atoms with E-state index in [1.807, 2.05) is 0 Å². The molecule has 3 heterocycles. The second-order valence-electron chi connectivity index (χ2n) is 10.3. The van der Waals surface area contributed by atoms with Crippen LogP contribution in [0.25, 0.3) is 0 Å². The summed E-state index contributed by atoms with van der Waals surface area (Å²) < 4.78 is 0. The van der Waals surface area contributed by atoms with Gasteiger partial charge in [-0.25, -0.2) is 0 Å². The van der Waals surface area contributed by atoms with Crippen molar-refractivity contribution in [2.45, 2.75) is 154 Å². The summed E-state index contributed by atoms with van der Waals surface area (Å²) in [6.45, 7) is 7.35. The van der Waals surface area contributed by atoms with Gasteiger partial charge in [0.1, 0.15) is 0 Å². The molecule has 3 rings (SSSR count). The molecule has 3 heteroatoms. The van der Waals surface area contributed by atoms with Gasteiger partial charge in [-0.15, -0.1) is 12.4 Å². The summed E-state index contributed by atoms with van der Waals surface area (Å²) in [5.41, 5.74) is 0. The number of nitrogens with one attached hydrogen (secondary N) is 1. The van der Waals surface area contributed by atoms with E-state index in [-0.39, 0.29) is 12.4 Å². The van der Waals surface area contributed by atoms with Crippen molar-refractivity contribution in [1.29, 1.82) is 0 Å². The van der Waals surface area contributed by atoms with Crippen molar-refractivity contribution < 1.29 is 0 Å². The summed E-state index contributed by atoms with van der Waals surface area (Å²) in [6, 6.07) is 0.765. The standard InChI is InChI=1S/C27H54N2.ClH/c1-3-5-6-7-8-9-10-11-12-13-14-15-16-17-19-26(18-4-2)28-27-24-25-20-22-29(27)23-21-25;/h25-28H,3-24H2,1-2H3;1H. The van der Waals surface area contributed by atoms with Crippen molar-refractivity contribution in [2.24, 2.45) is 5.92 Å². The Bertz CT molecular complexity index is 368. The Morgan fingerprint density at radius 1 is 0.667 bits per heavy atom. The number of hydrogen-bond donors (Lipinski definition) is 1. The zero-order chi connectivity index (χ0) is 20.6. The molecule has 0 amide bonds. The number of fused-ring (bicyclic) bond motifs is 3. The van der Waals surface area contributed by atoms with Crippen LogP contribution in [0.4, 0.5) is 0 Å². The fraction of sp³-hybridized carbons (Fsp3) is 1.00. The molecule has 2 unspecified atom stereocenters. The zero-order valence-electron chi connectivity index (χ0n) is 20.6. The van der Waals surface area contributed by atoms with Crippen LogP contribution in [0.1, 0.15) is 142 Å². The lowest BCUT2D eigenvalue weighted by atomic mass is 9.86. The average molecular weight is 443 g/mol. The van der Waals surface area contributed by atoms with Gasteiger partial charge < -0.3 is 0 Å². The van der Waals surface area contributed by atoms with Crippen LogP contribution in [0.3, 0.4) is 0 Å². The highest BCUT2D eigenvalue weighted by Gasteiger charge is 2.34. The molecule has 3 saturated heterocycles. The lowest BCUT2D eigenvalue weighted by Gasteiger charge is -2.47. The second kappa shape index (κ2) is 18.8. The Balaban J connectivity index is 0.00000450. The van der Waals surface area contributed by atoms with Crippen LogP contribution in [0.5, 0.6) is 0 Å². The van der Waals surface area contributed by atoms with Gasteiger partial charge in [0.05, 0.1) is 6.17 Å². The molecule has 2 atom stereocenters. The molecule has 30 heavy (non-hydrogen) atoms. The first-order valence-electron chi connectivity index (χ1n) is 13.8. The SMILES string of the molecule is CCCCCCCCCCCCCCCCC(CCC)NC1CC2CCN1CC2.Cl. The average Bonchev–Trinajstić information content (AvgIpc) is 2.75. The Morgan fingerprint density at radius 2 is 1.17 bits per heavy atom. The first-order valence-corrected chi connectivity index (χ1v) is 13.8. The topological polar surface area (TPSA) is 15.3 Å². The van der Waals surface area contributed by atoms with Gasteiger partial charge in [0.15, 0.2) is 0 Å². The highest BCUT2D eigenvalue weighted by Crippen LogP contribution is 2.31. The van der Waals surface area contributed by atoms with E-state index in [2.05, 4.69) is 24.1 Å². The van der Waals surface area contributed by atoms with E-state index in [0.717, 1.165) is 12.0 Å². The van der Waals surface area contributed by atoms with E-state index in [9.17, 15) is 0 Å². The molecule has 2 nitrogen and oxygen atoms in total. The molecule has 0 aromatic rings. The van der Waals surface area contributed by atoms with E-state index < -0.39 is 0 Å². The van der Waals surface area contributed by atoms with Gasteiger partial charge in [0.2, 0.25) is 0 Å². The molecule has 3 aliphatic rings. The highest BCUT2D eigenvalue weighted by atomic mass is 35.5. The van der Waals surface area contributed by atoms with Gasteiger partial charge in [0, 0.05) is 6.04 Å². The molecule has 3 fully saturated rings. The summed E-state index contributed by atoms with van der Waals surface area (Å²) in [5.74, 6) is 1.01. The lowest BCUT2D eigenvalue weighted by Crippen LogP contribution is -2.57. The van der Waals surface area contributed by atoms with Crippen molar-refractivity contribution in [3.63, 3.8) is 0 Å². The molecule has 0 aliphatic carbocycles. The maximum atomic E-state index is 4.06. The Kier molecular flexibility index (Phi) is 17.7. The van der Waals surface area contributed by atoms with Crippen molar-refractivity contribution in [3.8, 4) is 0 Å². The fourth-order valence-corrected chi connectivity index (χ4v) is 5.66. The van der Waals surface area contributed by atoms with Gasteiger partial charge >= 0.3 is 0 Å². The highest BCUT2D eigenvalue weighted by molar-refractivity contribution is 5.85. The minimum atomic E-state index is 0. The number of rotatable bonds is 19. The molecule has 180 valence electrons. The molecule has 0 aromatic carbocycles. The number of hydrogen-bond acceptors (Lipinski definition) is 2. The van der Waals surface area contributed by atoms with E-state index in [1.165, 1.54) is 142 Å². The largest absolute Gasteiger partial charge is 0.299 e.